The molecule has 1 aromatic rings. The summed E-state index contributed by atoms with van der Waals surface area (Å²) in [5.74, 6) is 0. The summed E-state index contributed by atoms with van der Waals surface area (Å²) in [4.78, 5) is 0. The molecule has 0 bridgehead atoms. The van der Waals surface area contributed by atoms with Gasteiger partial charge in [-0.1, -0.05) is 25.1 Å². The molecule has 0 saturated carbocycles. The SMILES string of the molecule is CCNNc1ccccc1C. The van der Waals surface area contributed by atoms with E-state index < -0.39 is 0 Å². The molecule has 0 atom stereocenters. The highest BCUT2D eigenvalue weighted by atomic mass is 15.3. The summed E-state index contributed by atoms with van der Waals surface area (Å²) in [6.45, 7) is 5.07. The van der Waals surface area contributed by atoms with Gasteiger partial charge in [-0.05, 0) is 18.6 Å². The lowest BCUT2D eigenvalue weighted by Crippen LogP contribution is -2.20. The lowest BCUT2D eigenvalue weighted by atomic mass is 10.2. The average Bonchev–Trinajstić information content (AvgIpc) is 2.03. The minimum Gasteiger partial charge on any atom is -0.321 e. The van der Waals surface area contributed by atoms with Crippen molar-refractivity contribution in [3.05, 3.63) is 29.8 Å². The van der Waals surface area contributed by atoms with Crippen LogP contribution < -0.4 is 10.9 Å². The Bertz CT molecular complexity index is 221. The molecule has 0 saturated heterocycles. The number of hydrogen-bond acceptors (Lipinski definition) is 2. The van der Waals surface area contributed by atoms with Crippen molar-refractivity contribution in [2.75, 3.05) is 12.0 Å². The molecule has 2 heteroatoms. The van der Waals surface area contributed by atoms with Crippen molar-refractivity contribution in [1.82, 2.24) is 5.43 Å². The molecular formula is C9H14N2. The molecular weight excluding hydrogens is 136 g/mol. The lowest BCUT2D eigenvalue weighted by Gasteiger charge is -2.07. The van der Waals surface area contributed by atoms with Gasteiger partial charge in [0.05, 0.1) is 5.69 Å². The van der Waals surface area contributed by atoms with E-state index in [0.717, 1.165) is 12.2 Å². The van der Waals surface area contributed by atoms with Crippen molar-refractivity contribution in [2.24, 2.45) is 0 Å². The smallest absolute Gasteiger partial charge is 0.0516 e. The molecule has 0 unspecified atom stereocenters. The number of rotatable bonds is 3. The van der Waals surface area contributed by atoms with Crippen LogP contribution >= 0.6 is 0 Å². The van der Waals surface area contributed by atoms with Gasteiger partial charge in [-0.3, -0.25) is 0 Å². The number of hydrazine groups is 1. The van der Waals surface area contributed by atoms with Gasteiger partial charge in [0.1, 0.15) is 0 Å². The average molecular weight is 150 g/mol. The Hall–Kier alpha value is -1.02. The fraction of sp³-hybridized carbons (Fsp3) is 0.333. The fourth-order valence-corrected chi connectivity index (χ4v) is 0.897. The molecule has 60 valence electrons. The summed E-state index contributed by atoms with van der Waals surface area (Å²) < 4.78 is 0. The van der Waals surface area contributed by atoms with Gasteiger partial charge in [0.15, 0.2) is 0 Å². The third-order valence-corrected chi connectivity index (χ3v) is 1.54. The molecule has 0 heterocycles. The van der Waals surface area contributed by atoms with E-state index in [4.69, 9.17) is 0 Å². The van der Waals surface area contributed by atoms with Crippen molar-refractivity contribution in [3.63, 3.8) is 0 Å². The standard InChI is InChI=1S/C9H14N2/c1-3-10-11-9-7-5-4-6-8(9)2/h4-7,10-11H,3H2,1-2H3. The monoisotopic (exact) mass is 150 g/mol. The first-order valence-corrected chi connectivity index (χ1v) is 3.89. The summed E-state index contributed by atoms with van der Waals surface area (Å²) in [5, 5.41) is 0. The Kier molecular flexibility index (Phi) is 2.93. The van der Waals surface area contributed by atoms with Crippen LogP contribution in [0.15, 0.2) is 24.3 Å². The topological polar surface area (TPSA) is 24.1 Å². The van der Waals surface area contributed by atoms with E-state index in [2.05, 4.69) is 36.8 Å². The number of anilines is 1. The van der Waals surface area contributed by atoms with Crippen LogP contribution in [0.4, 0.5) is 5.69 Å². The lowest BCUT2D eigenvalue weighted by molar-refractivity contribution is 0.843. The summed E-state index contributed by atoms with van der Waals surface area (Å²) in [6, 6.07) is 8.19. The molecule has 0 aliphatic carbocycles. The number of nitrogens with one attached hydrogen (secondary N) is 2. The second-order valence-corrected chi connectivity index (χ2v) is 2.47. The molecule has 0 aromatic heterocycles. The zero-order valence-corrected chi connectivity index (χ0v) is 7.02. The minimum absolute atomic E-state index is 0.925. The zero-order valence-electron chi connectivity index (χ0n) is 7.02. The maximum Gasteiger partial charge on any atom is 0.0516 e. The summed E-state index contributed by atoms with van der Waals surface area (Å²) in [6.07, 6.45) is 0. The Labute approximate surface area is 67.6 Å². The van der Waals surface area contributed by atoms with Crippen LogP contribution in [-0.4, -0.2) is 6.54 Å². The van der Waals surface area contributed by atoms with Gasteiger partial charge < -0.3 is 5.43 Å². The number of aryl methyl sites for hydroxylation is 1. The molecule has 0 aliphatic rings. The predicted octanol–water partition coefficient (Wildman–Crippen LogP) is 1.93. The normalized spacial score (nSPS) is 9.64. The molecule has 0 spiro atoms. The largest absolute Gasteiger partial charge is 0.321 e. The van der Waals surface area contributed by atoms with E-state index in [1.165, 1.54) is 5.56 Å². The first kappa shape index (κ1) is 8.08. The number of benzene rings is 1. The zero-order chi connectivity index (χ0) is 8.10. The van der Waals surface area contributed by atoms with E-state index in [1.807, 2.05) is 12.1 Å². The van der Waals surface area contributed by atoms with E-state index in [0.29, 0.717) is 0 Å². The van der Waals surface area contributed by atoms with Crippen LogP contribution in [0.3, 0.4) is 0 Å². The van der Waals surface area contributed by atoms with Crippen LogP contribution in [-0.2, 0) is 0 Å². The van der Waals surface area contributed by atoms with Crippen molar-refractivity contribution in [3.8, 4) is 0 Å². The van der Waals surface area contributed by atoms with E-state index in [-0.39, 0.29) is 0 Å². The maximum absolute atomic E-state index is 3.11. The third kappa shape index (κ3) is 2.24. The number of para-hydroxylation sites is 1. The van der Waals surface area contributed by atoms with Crippen LogP contribution in [0.2, 0.25) is 0 Å². The Morgan fingerprint density at radius 1 is 1.27 bits per heavy atom. The summed E-state index contributed by atoms with van der Waals surface area (Å²) >= 11 is 0. The summed E-state index contributed by atoms with van der Waals surface area (Å²) in [7, 11) is 0. The van der Waals surface area contributed by atoms with Crippen molar-refractivity contribution in [1.29, 1.82) is 0 Å². The van der Waals surface area contributed by atoms with Gasteiger partial charge in [0.25, 0.3) is 0 Å². The highest BCUT2D eigenvalue weighted by Crippen LogP contribution is 2.10. The van der Waals surface area contributed by atoms with Gasteiger partial charge >= 0.3 is 0 Å². The molecule has 0 aliphatic heterocycles. The molecule has 1 rings (SSSR count). The van der Waals surface area contributed by atoms with Crippen LogP contribution in [0.5, 0.6) is 0 Å². The maximum atomic E-state index is 3.11. The predicted molar refractivity (Wildman–Crippen MR) is 48.5 cm³/mol. The van der Waals surface area contributed by atoms with E-state index in [9.17, 15) is 0 Å². The molecule has 1 aromatic carbocycles. The Balaban J connectivity index is 2.62. The highest BCUT2D eigenvalue weighted by molar-refractivity contribution is 5.49. The van der Waals surface area contributed by atoms with Gasteiger partial charge in [-0.2, -0.15) is 0 Å². The molecule has 0 amide bonds. The second kappa shape index (κ2) is 3.98. The van der Waals surface area contributed by atoms with E-state index >= 15 is 0 Å². The minimum atomic E-state index is 0.925. The highest BCUT2D eigenvalue weighted by Gasteiger charge is 1.91. The van der Waals surface area contributed by atoms with Crippen LogP contribution in [0, 0.1) is 6.92 Å². The molecule has 11 heavy (non-hydrogen) atoms. The fourth-order valence-electron chi connectivity index (χ4n) is 0.897. The van der Waals surface area contributed by atoms with Crippen molar-refractivity contribution >= 4 is 5.69 Å². The first-order chi connectivity index (χ1) is 5.34. The van der Waals surface area contributed by atoms with Gasteiger partial charge in [0, 0.05) is 6.54 Å². The molecule has 2 nitrogen and oxygen atoms in total. The van der Waals surface area contributed by atoms with Crippen LogP contribution in [0.1, 0.15) is 12.5 Å². The van der Waals surface area contributed by atoms with Crippen LogP contribution in [0.25, 0.3) is 0 Å². The Morgan fingerprint density at radius 3 is 2.64 bits per heavy atom. The first-order valence-electron chi connectivity index (χ1n) is 3.89. The van der Waals surface area contributed by atoms with Crippen molar-refractivity contribution < 1.29 is 0 Å². The summed E-state index contributed by atoms with van der Waals surface area (Å²) in [5.41, 5.74) is 8.57. The van der Waals surface area contributed by atoms with E-state index in [1.54, 1.807) is 0 Å². The quantitative estimate of drug-likeness (QED) is 0.643. The second-order valence-electron chi connectivity index (χ2n) is 2.47. The third-order valence-electron chi connectivity index (χ3n) is 1.54. The molecule has 0 radical (unpaired) electrons. The van der Waals surface area contributed by atoms with Gasteiger partial charge in [-0.15, -0.1) is 0 Å². The van der Waals surface area contributed by atoms with Gasteiger partial charge in [0.2, 0.25) is 0 Å². The van der Waals surface area contributed by atoms with Gasteiger partial charge in [-0.25, -0.2) is 5.43 Å². The van der Waals surface area contributed by atoms with Crippen molar-refractivity contribution in [2.45, 2.75) is 13.8 Å². The molecule has 2 N–H and O–H groups in total. The number of hydrogen-bond donors (Lipinski definition) is 2. The Morgan fingerprint density at radius 2 is 2.00 bits per heavy atom. The molecule has 0 fully saturated rings.